The van der Waals surface area contributed by atoms with Gasteiger partial charge in [-0.3, -0.25) is 14.5 Å². The highest BCUT2D eigenvalue weighted by Gasteiger charge is 2.09. The minimum Gasteiger partial charge on any atom is -0.459 e. The van der Waals surface area contributed by atoms with Crippen molar-refractivity contribution in [3.63, 3.8) is 0 Å². The van der Waals surface area contributed by atoms with E-state index in [0.717, 1.165) is 16.8 Å². The molecule has 0 unspecified atom stereocenters. The molecule has 0 saturated heterocycles. The molecule has 0 aromatic carbocycles. The van der Waals surface area contributed by atoms with Gasteiger partial charge in [0.2, 0.25) is 0 Å². The molecule has 3 heterocycles. The quantitative estimate of drug-likeness (QED) is 0.794. The highest BCUT2D eigenvalue weighted by atomic mass is 16.3. The Bertz CT molecular complexity index is 747. The Morgan fingerprint density at radius 1 is 1.38 bits per heavy atom. The van der Waals surface area contributed by atoms with Crippen LogP contribution in [-0.4, -0.2) is 20.7 Å². The van der Waals surface area contributed by atoms with Gasteiger partial charge in [-0.05, 0) is 29.8 Å². The predicted octanol–water partition coefficient (Wildman–Crippen LogP) is 2.01. The van der Waals surface area contributed by atoms with E-state index in [-0.39, 0.29) is 5.91 Å². The lowest BCUT2D eigenvalue weighted by Gasteiger charge is -2.06. The van der Waals surface area contributed by atoms with E-state index in [4.69, 9.17) is 4.42 Å². The number of rotatable bonds is 4. The Labute approximate surface area is 121 Å². The molecule has 1 N–H and O–H groups in total. The Morgan fingerprint density at radius 3 is 3.00 bits per heavy atom. The number of hydrogen-bond donors (Lipinski definition) is 1. The second kappa shape index (κ2) is 5.62. The van der Waals surface area contributed by atoms with Gasteiger partial charge in [0.15, 0.2) is 5.76 Å². The molecule has 3 aromatic heterocycles. The fourth-order valence-electron chi connectivity index (χ4n) is 2.06. The largest absolute Gasteiger partial charge is 0.459 e. The molecule has 6 nitrogen and oxygen atoms in total. The van der Waals surface area contributed by atoms with Gasteiger partial charge in [0.05, 0.1) is 12.0 Å². The Kier molecular flexibility index (Phi) is 3.51. The topological polar surface area (TPSA) is 73.0 Å². The molecule has 106 valence electrons. The smallest absolute Gasteiger partial charge is 0.287 e. The summed E-state index contributed by atoms with van der Waals surface area (Å²) in [5, 5.41) is 6.93. The van der Waals surface area contributed by atoms with Crippen LogP contribution in [0, 0.1) is 0 Å². The van der Waals surface area contributed by atoms with Gasteiger partial charge in [0.1, 0.15) is 0 Å². The zero-order valence-electron chi connectivity index (χ0n) is 11.5. The monoisotopic (exact) mass is 282 g/mol. The zero-order valence-corrected chi connectivity index (χ0v) is 11.5. The summed E-state index contributed by atoms with van der Waals surface area (Å²) in [5.74, 6) is 0.0525. The number of nitrogens with zero attached hydrogens (tertiary/aromatic N) is 3. The van der Waals surface area contributed by atoms with Crippen LogP contribution in [0.25, 0.3) is 11.3 Å². The number of carbonyl (C=O) groups is 1. The molecule has 1 amide bonds. The molecule has 0 radical (unpaired) electrons. The third kappa shape index (κ3) is 2.84. The van der Waals surface area contributed by atoms with E-state index in [2.05, 4.69) is 15.4 Å². The highest BCUT2D eigenvalue weighted by molar-refractivity contribution is 5.91. The standard InChI is InChI=1S/C15H14N4O2/c1-19-13(4-5-18-19)12-7-11(8-16-10-12)9-17-15(20)14-3-2-6-21-14/h2-8,10H,9H2,1H3,(H,17,20). The molecule has 0 spiro atoms. The van der Waals surface area contributed by atoms with Crippen molar-refractivity contribution in [2.75, 3.05) is 0 Å². The first-order valence-corrected chi connectivity index (χ1v) is 6.48. The maximum Gasteiger partial charge on any atom is 0.287 e. The van der Waals surface area contributed by atoms with Crippen LogP contribution < -0.4 is 5.32 Å². The lowest BCUT2D eigenvalue weighted by atomic mass is 10.1. The summed E-state index contributed by atoms with van der Waals surface area (Å²) in [6.45, 7) is 0.387. The van der Waals surface area contributed by atoms with Crippen molar-refractivity contribution < 1.29 is 9.21 Å². The first kappa shape index (κ1) is 13.1. The van der Waals surface area contributed by atoms with Gasteiger partial charge in [-0.2, -0.15) is 5.10 Å². The average Bonchev–Trinajstić information content (AvgIpc) is 3.16. The number of carbonyl (C=O) groups excluding carboxylic acids is 1. The molecule has 0 fully saturated rings. The van der Waals surface area contributed by atoms with E-state index in [1.807, 2.05) is 19.2 Å². The Hall–Kier alpha value is -2.89. The lowest BCUT2D eigenvalue weighted by molar-refractivity contribution is 0.0923. The summed E-state index contributed by atoms with van der Waals surface area (Å²) in [5.41, 5.74) is 2.84. The third-order valence-electron chi connectivity index (χ3n) is 3.11. The summed E-state index contributed by atoms with van der Waals surface area (Å²) < 4.78 is 6.82. The maximum absolute atomic E-state index is 11.8. The van der Waals surface area contributed by atoms with Crippen LogP contribution in [-0.2, 0) is 13.6 Å². The molecule has 21 heavy (non-hydrogen) atoms. The van der Waals surface area contributed by atoms with E-state index in [1.165, 1.54) is 6.26 Å². The van der Waals surface area contributed by atoms with Gasteiger partial charge >= 0.3 is 0 Å². The SMILES string of the molecule is Cn1nccc1-c1cncc(CNC(=O)c2ccco2)c1. The van der Waals surface area contributed by atoms with Gasteiger partial charge in [-0.25, -0.2) is 0 Å². The molecular weight excluding hydrogens is 268 g/mol. The van der Waals surface area contributed by atoms with Crippen LogP contribution in [0.5, 0.6) is 0 Å². The number of aromatic nitrogens is 3. The van der Waals surface area contributed by atoms with Crippen molar-refractivity contribution in [1.29, 1.82) is 0 Å². The van der Waals surface area contributed by atoms with Gasteiger partial charge in [-0.1, -0.05) is 0 Å². The predicted molar refractivity (Wildman–Crippen MR) is 76.3 cm³/mol. The van der Waals surface area contributed by atoms with E-state index < -0.39 is 0 Å². The van der Waals surface area contributed by atoms with Crippen molar-refractivity contribution in [3.8, 4) is 11.3 Å². The molecule has 0 aliphatic carbocycles. The summed E-state index contributed by atoms with van der Waals surface area (Å²) in [4.78, 5) is 16.0. The van der Waals surface area contributed by atoms with Crippen molar-refractivity contribution in [2.45, 2.75) is 6.54 Å². The van der Waals surface area contributed by atoms with Crippen LogP contribution in [0.15, 0.2) is 53.5 Å². The molecular formula is C15H14N4O2. The average molecular weight is 282 g/mol. The molecule has 3 aromatic rings. The summed E-state index contributed by atoms with van der Waals surface area (Å²) >= 11 is 0. The molecule has 0 saturated carbocycles. The fourth-order valence-corrected chi connectivity index (χ4v) is 2.06. The lowest BCUT2D eigenvalue weighted by Crippen LogP contribution is -2.22. The van der Waals surface area contributed by atoms with Crippen LogP contribution in [0.4, 0.5) is 0 Å². The van der Waals surface area contributed by atoms with Crippen molar-refractivity contribution >= 4 is 5.91 Å². The zero-order chi connectivity index (χ0) is 14.7. The van der Waals surface area contributed by atoms with Crippen LogP contribution in [0.1, 0.15) is 16.1 Å². The van der Waals surface area contributed by atoms with Crippen molar-refractivity contribution in [2.24, 2.45) is 7.05 Å². The molecule has 0 atom stereocenters. The van der Waals surface area contributed by atoms with E-state index in [0.29, 0.717) is 12.3 Å². The molecule has 6 heteroatoms. The maximum atomic E-state index is 11.8. The van der Waals surface area contributed by atoms with Crippen molar-refractivity contribution in [3.05, 3.63) is 60.4 Å². The van der Waals surface area contributed by atoms with E-state index in [1.54, 1.807) is 35.4 Å². The fraction of sp³-hybridized carbons (Fsp3) is 0.133. The summed E-state index contributed by atoms with van der Waals surface area (Å²) in [6, 6.07) is 7.20. The molecule has 0 bridgehead atoms. The van der Waals surface area contributed by atoms with Crippen molar-refractivity contribution in [1.82, 2.24) is 20.1 Å². The second-order valence-electron chi connectivity index (χ2n) is 4.58. The first-order valence-electron chi connectivity index (χ1n) is 6.48. The number of amides is 1. The van der Waals surface area contributed by atoms with E-state index >= 15 is 0 Å². The molecule has 3 rings (SSSR count). The van der Waals surface area contributed by atoms with Crippen LogP contribution in [0.2, 0.25) is 0 Å². The first-order chi connectivity index (χ1) is 10.2. The number of pyridine rings is 1. The van der Waals surface area contributed by atoms with E-state index in [9.17, 15) is 4.79 Å². The minimum absolute atomic E-state index is 0.245. The second-order valence-corrected chi connectivity index (χ2v) is 4.58. The van der Waals surface area contributed by atoms with Gasteiger partial charge < -0.3 is 9.73 Å². The van der Waals surface area contributed by atoms with Gasteiger partial charge in [-0.15, -0.1) is 0 Å². The Balaban J connectivity index is 1.72. The third-order valence-corrected chi connectivity index (χ3v) is 3.11. The van der Waals surface area contributed by atoms with Crippen LogP contribution >= 0.6 is 0 Å². The number of furan rings is 1. The number of hydrogen-bond acceptors (Lipinski definition) is 4. The van der Waals surface area contributed by atoms with Crippen LogP contribution in [0.3, 0.4) is 0 Å². The van der Waals surface area contributed by atoms with Gasteiger partial charge in [0, 0.05) is 37.7 Å². The normalized spacial score (nSPS) is 10.5. The van der Waals surface area contributed by atoms with Gasteiger partial charge in [0.25, 0.3) is 5.91 Å². The highest BCUT2D eigenvalue weighted by Crippen LogP contribution is 2.18. The summed E-state index contributed by atoms with van der Waals surface area (Å²) in [6.07, 6.45) is 6.71. The number of aryl methyl sites for hydroxylation is 1. The minimum atomic E-state index is -0.245. The number of nitrogens with one attached hydrogen (secondary N) is 1. The summed E-state index contributed by atoms with van der Waals surface area (Å²) in [7, 11) is 1.88. The molecule has 0 aliphatic heterocycles. The molecule has 0 aliphatic rings. The Morgan fingerprint density at radius 2 is 2.29 bits per heavy atom.